The Morgan fingerprint density at radius 2 is 1.75 bits per heavy atom. The van der Waals surface area contributed by atoms with E-state index in [1.165, 1.54) is 22.2 Å². The van der Waals surface area contributed by atoms with Crippen LogP contribution in [0, 0.1) is 13.8 Å². The molecule has 0 saturated carbocycles. The fourth-order valence-corrected chi connectivity index (χ4v) is 1.64. The SMILES string of the molecule is C[B]c1c(C)cc(CN)cc1C. The number of aryl methyl sites for hydroxylation is 2. The van der Waals surface area contributed by atoms with Gasteiger partial charge < -0.3 is 5.73 Å². The van der Waals surface area contributed by atoms with Crippen LogP contribution in [0.1, 0.15) is 16.7 Å². The van der Waals surface area contributed by atoms with E-state index in [1.54, 1.807) is 0 Å². The lowest BCUT2D eigenvalue weighted by Gasteiger charge is -2.09. The van der Waals surface area contributed by atoms with Crippen LogP contribution in [0.2, 0.25) is 6.82 Å². The third kappa shape index (κ3) is 1.70. The second-order valence-electron chi connectivity index (χ2n) is 3.14. The summed E-state index contributed by atoms with van der Waals surface area (Å²) in [6.07, 6.45) is 0. The first-order valence-corrected chi connectivity index (χ1v) is 4.28. The van der Waals surface area contributed by atoms with E-state index in [9.17, 15) is 0 Å². The van der Waals surface area contributed by atoms with Crippen LogP contribution in [0.25, 0.3) is 0 Å². The lowest BCUT2D eigenvalue weighted by molar-refractivity contribution is 1.06. The quantitative estimate of drug-likeness (QED) is 0.645. The highest BCUT2D eigenvalue weighted by molar-refractivity contribution is 6.53. The largest absolute Gasteiger partial charge is 0.326 e. The van der Waals surface area contributed by atoms with Crippen LogP contribution in [0.4, 0.5) is 0 Å². The van der Waals surface area contributed by atoms with E-state index in [1.807, 2.05) is 0 Å². The fourth-order valence-electron chi connectivity index (χ4n) is 1.64. The second-order valence-corrected chi connectivity index (χ2v) is 3.14. The standard InChI is InChI=1S/C10H15BN/c1-7-4-9(6-12)5-8(2)10(7)11-3/h4-5H,6,12H2,1-3H3. The summed E-state index contributed by atoms with van der Waals surface area (Å²) in [5, 5.41) is 0. The van der Waals surface area contributed by atoms with Gasteiger partial charge in [-0.3, -0.25) is 0 Å². The monoisotopic (exact) mass is 160 g/mol. The Balaban J connectivity index is 3.18. The van der Waals surface area contributed by atoms with Crippen molar-refractivity contribution in [3.05, 3.63) is 28.8 Å². The molecule has 2 N–H and O–H groups in total. The molecular weight excluding hydrogens is 145 g/mol. The molecular formula is C10H15BN. The van der Waals surface area contributed by atoms with Gasteiger partial charge in [0.2, 0.25) is 0 Å². The van der Waals surface area contributed by atoms with Gasteiger partial charge in [-0.2, -0.15) is 0 Å². The average molecular weight is 160 g/mol. The maximum Gasteiger partial charge on any atom is 0.148 e. The highest BCUT2D eigenvalue weighted by atomic mass is 14.5. The number of nitrogens with two attached hydrogens (primary N) is 1. The molecule has 2 heteroatoms. The highest BCUT2D eigenvalue weighted by Crippen LogP contribution is 2.05. The molecule has 0 atom stereocenters. The van der Waals surface area contributed by atoms with E-state index < -0.39 is 0 Å². The Morgan fingerprint density at radius 3 is 2.08 bits per heavy atom. The molecule has 0 amide bonds. The Kier molecular flexibility index (Phi) is 2.93. The third-order valence-corrected chi connectivity index (χ3v) is 2.18. The van der Waals surface area contributed by atoms with E-state index in [2.05, 4.69) is 40.1 Å². The van der Waals surface area contributed by atoms with Crippen LogP contribution in [-0.4, -0.2) is 7.28 Å². The van der Waals surface area contributed by atoms with E-state index in [0.717, 1.165) is 0 Å². The first-order valence-electron chi connectivity index (χ1n) is 4.28. The van der Waals surface area contributed by atoms with Gasteiger partial charge >= 0.3 is 0 Å². The summed E-state index contributed by atoms with van der Waals surface area (Å²) in [7, 11) is 2.14. The fraction of sp³-hybridized carbons (Fsp3) is 0.400. The summed E-state index contributed by atoms with van der Waals surface area (Å²) in [4.78, 5) is 0. The number of hydrogen-bond donors (Lipinski definition) is 1. The molecule has 0 aliphatic rings. The molecule has 0 aromatic heterocycles. The molecule has 1 aromatic rings. The first-order chi connectivity index (χ1) is 5.69. The van der Waals surface area contributed by atoms with Crippen molar-refractivity contribution in [3.8, 4) is 0 Å². The molecule has 1 radical (unpaired) electrons. The summed E-state index contributed by atoms with van der Waals surface area (Å²) < 4.78 is 0. The number of hydrogen-bond acceptors (Lipinski definition) is 1. The van der Waals surface area contributed by atoms with E-state index in [-0.39, 0.29) is 0 Å². The van der Waals surface area contributed by atoms with Crippen LogP contribution in [0.5, 0.6) is 0 Å². The third-order valence-electron chi connectivity index (χ3n) is 2.18. The minimum absolute atomic E-state index is 0.631. The van der Waals surface area contributed by atoms with Gasteiger partial charge in [0.1, 0.15) is 7.28 Å². The predicted molar refractivity (Wildman–Crippen MR) is 55.1 cm³/mol. The van der Waals surface area contributed by atoms with Crippen LogP contribution in [0.15, 0.2) is 12.1 Å². The molecule has 0 saturated heterocycles. The maximum atomic E-state index is 5.57. The summed E-state index contributed by atoms with van der Waals surface area (Å²) in [5.41, 5.74) is 10.8. The van der Waals surface area contributed by atoms with E-state index in [4.69, 9.17) is 5.73 Å². The second kappa shape index (κ2) is 3.77. The molecule has 0 unspecified atom stereocenters. The van der Waals surface area contributed by atoms with Crippen LogP contribution in [0.3, 0.4) is 0 Å². The zero-order chi connectivity index (χ0) is 9.14. The minimum atomic E-state index is 0.631. The molecule has 0 aliphatic carbocycles. The van der Waals surface area contributed by atoms with Gasteiger partial charge in [-0.05, 0) is 19.4 Å². The highest BCUT2D eigenvalue weighted by Gasteiger charge is 2.01. The van der Waals surface area contributed by atoms with Gasteiger partial charge in [0, 0.05) is 6.54 Å². The lowest BCUT2D eigenvalue weighted by Crippen LogP contribution is -2.19. The van der Waals surface area contributed by atoms with Gasteiger partial charge in [-0.15, -0.1) is 0 Å². The molecule has 0 aliphatic heterocycles. The van der Waals surface area contributed by atoms with Crippen molar-refractivity contribution in [3.63, 3.8) is 0 Å². The first kappa shape index (κ1) is 9.33. The normalized spacial score (nSPS) is 10.0. The van der Waals surface area contributed by atoms with E-state index >= 15 is 0 Å². The Labute approximate surface area is 75.2 Å². The summed E-state index contributed by atoms with van der Waals surface area (Å²) in [6.45, 7) is 6.95. The maximum absolute atomic E-state index is 5.57. The van der Waals surface area contributed by atoms with Gasteiger partial charge in [-0.25, -0.2) is 0 Å². The number of benzene rings is 1. The van der Waals surface area contributed by atoms with Crippen molar-refractivity contribution in [2.75, 3.05) is 0 Å². The topological polar surface area (TPSA) is 26.0 Å². The van der Waals surface area contributed by atoms with Gasteiger partial charge in [0.05, 0.1) is 0 Å². The summed E-state index contributed by atoms with van der Waals surface area (Å²) in [6, 6.07) is 4.31. The summed E-state index contributed by atoms with van der Waals surface area (Å²) >= 11 is 0. The molecule has 1 aromatic carbocycles. The van der Waals surface area contributed by atoms with Gasteiger partial charge in [0.25, 0.3) is 0 Å². The number of rotatable bonds is 2. The molecule has 63 valence electrons. The van der Waals surface area contributed by atoms with E-state index in [0.29, 0.717) is 6.54 Å². The van der Waals surface area contributed by atoms with Crippen molar-refractivity contribution in [2.45, 2.75) is 27.2 Å². The summed E-state index contributed by atoms with van der Waals surface area (Å²) in [5.74, 6) is 0. The predicted octanol–water partition coefficient (Wildman–Crippen LogP) is 1.14. The average Bonchev–Trinajstić information content (AvgIpc) is 2.03. The van der Waals surface area contributed by atoms with Crippen LogP contribution >= 0.6 is 0 Å². The molecule has 12 heavy (non-hydrogen) atoms. The van der Waals surface area contributed by atoms with Crippen molar-refractivity contribution >= 4 is 12.7 Å². The van der Waals surface area contributed by atoms with Crippen molar-refractivity contribution in [2.24, 2.45) is 5.73 Å². The minimum Gasteiger partial charge on any atom is -0.326 e. The zero-order valence-electron chi connectivity index (χ0n) is 8.02. The lowest BCUT2D eigenvalue weighted by atomic mass is 9.68. The van der Waals surface area contributed by atoms with Gasteiger partial charge in [-0.1, -0.05) is 35.5 Å². The Morgan fingerprint density at radius 1 is 1.25 bits per heavy atom. The molecule has 0 bridgehead atoms. The Bertz CT molecular complexity index is 258. The van der Waals surface area contributed by atoms with Gasteiger partial charge in [0.15, 0.2) is 0 Å². The van der Waals surface area contributed by atoms with Crippen molar-refractivity contribution in [1.29, 1.82) is 0 Å². The van der Waals surface area contributed by atoms with Crippen LogP contribution < -0.4 is 11.2 Å². The molecule has 0 heterocycles. The van der Waals surface area contributed by atoms with Crippen LogP contribution in [-0.2, 0) is 6.54 Å². The molecule has 1 rings (SSSR count). The molecule has 1 nitrogen and oxygen atoms in total. The molecule has 0 fully saturated rings. The Hall–Kier alpha value is -0.755. The van der Waals surface area contributed by atoms with Crippen molar-refractivity contribution < 1.29 is 0 Å². The zero-order valence-corrected chi connectivity index (χ0v) is 8.02. The smallest absolute Gasteiger partial charge is 0.148 e. The molecule has 0 spiro atoms. The van der Waals surface area contributed by atoms with Crippen molar-refractivity contribution in [1.82, 2.24) is 0 Å².